The second-order valence-corrected chi connectivity index (χ2v) is 4.81. The molecule has 0 radical (unpaired) electrons. The Morgan fingerprint density at radius 1 is 1.17 bits per heavy atom. The smallest absolute Gasteiger partial charge is 0.422 e. The molecule has 1 aromatic rings. The van der Waals surface area contributed by atoms with Gasteiger partial charge >= 0.3 is 12.6 Å². The predicted molar refractivity (Wildman–Crippen MR) is 69.6 cm³/mol. The van der Waals surface area contributed by atoms with Gasteiger partial charge in [-0.25, -0.2) is 28.4 Å². The second kappa shape index (κ2) is 7.91. The zero-order valence-electron chi connectivity index (χ0n) is 12.5. The minimum absolute atomic E-state index is 0.0397. The van der Waals surface area contributed by atoms with E-state index in [4.69, 9.17) is 10.5 Å². The van der Waals surface area contributed by atoms with Gasteiger partial charge in [0, 0.05) is 0 Å². The third kappa shape index (κ3) is 5.20. The van der Waals surface area contributed by atoms with Gasteiger partial charge in [0.05, 0.1) is 13.6 Å². The fourth-order valence-electron chi connectivity index (χ4n) is 1.39. The van der Waals surface area contributed by atoms with Crippen molar-refractivity contribution in [2.75, 3.05) is 0 Å². The van der Waals surface area contributed by atoms with Gasteiger partial charge in [0.1, 0.15) is 12.4 Å². The molecule has 0 N–H and O–H groups in total. The predicted octanol–water partition coefficient (Wildman–Crippen LogP) is 2.88. The van der Waals surface area contributed by atoms with Crippen LogP contribution >= 0.6 is 0 Å². The number of hydrogen-bond donors (Lipinski definition) is 0. The van der Waals surface area contributed by atoms with Crippen molar-refractivity contribution in [2.45, 2.75) is 38.3 Å². The first-order chi connectivity index (χ1) is 10.4. The first kappa shape index (κ1) is 20.8. The van der Waals surface area contributed by atoms with Crippen LogP contribution in [0.3, 0.4) is 0 Å². The number of hydrogen-bond acceptors (Lipinski definition) is 2. The third-order valence-corrected chi connectivity index (χ3v) is 2.83. The molecule has 23 heavy (non-hydrogen) atoms. The number of nitriles is 2. The van der Waals surface area contributed by atoms with Gasteiger partial charge in [-0.2, -0.15) is 13.2 Å². The van der Waals surface area contributed by atoms with E-state index in [1.165, 1.54) is 12.8 Å². The molecule has 0 atom stereocenters. The highest BCUT2D eigenvalue weighted by atomic mass is 19.4. The van der Waals surface area contributed by atoms with Crippen LogP contribution in [0.1, 0.15) is 19.8 Å². The van der Waals surface area contributed by atoms with Gasteiger partial charge in [0.2, 0.25) is 6.33 Å². The molecule has 0 spiro atoms. The maximum Gasteiger partial charge on any atom is 0.422 e. The van der Waals surface area contributed by atoms with Gasteiger partial charge in [-0.3, -0.25) is 0 Å². The van der Waals surface area contributed by atoms with Gasteiger partial charge in [-0.05, 0) is 6.42 Å². The highest BCUT2D eigenvalue weighted by Crippen LogP contribution is 2.42. The van der Waals surface area contributed by atoms with Crippen LogP contribution in [0.25, 0.3) is 0 Å². The van der Waals surface area contributed by atoms with Gasteiger partial charge in [-0.15, -0.1) is 0 Å². The lowest BCUT2D eigenvalue weighted by molar-refractivity contribution is -0.696. The van der Waals surface area contributed by atoms with Crippen LogP contribution in [-0.2, 0) is 13.6 Å². The third-order valence-electron chi connectivity index (χ3n) is 2.83. The highest BCUT2D eigenvalue weighted by molar-refractivity contribution is 6.89. The summed E-state index contributed by atoms with van der Waals surface area (Å²) in [4.78, 5) is 0. The summed E-state index contributed by atoms with van der Waals surface area (Å²) in [7, 11) is 2.04. The van der Waals surface area contributed by atoms with Gasteiger partial charge in [0.25, 0.3) is 5.82 Å². The van der Waals surface area contributed by atoms with Crippen LogP contribution in [0.4, 0.5) is 26.3 Å². The summed E-state index contributed by atoms with van der Waals surface area (Å²) in [6, 6.07) is 0. The standard InChI is InChI=1S/C8H15N2.C4BF6N2/c1-3-4-5-10-7-6-9(2)8-10;6-3(7,4(8,9)10)5(11,1-12)2-13/h6-8H,3-5H2,1-2H3;/q+1;-1. The molecular formula is C12H15BF6N4. The molecule has 0 saturated carbocycles. The Morgan fingerprint density at radius 3 is 1.96 bits per heavy atom. The van der Waals surface area contributed by atoms with Crippen LogP contribution < -0.4 is 4.57 Å². The van der Waals surface area contributed by atoms with E-state index in [2.05, 4.69) is 34.8 Å². The Hall–Kier alpha value is -2.17. The largest absolute Gasteiger partial charge is 0.476 e. The van der Waals surface area contributed by atoms with Crippen LogP contribution in [-0.4, -0.2) is 23.0 Å². The molecule has 0 bridgehead atoms. The molecule has 0 amide bonds. The molecule has 0 saturated heterocycles. The Morgan fingerprint density at radius 2 is 1.70 bits per heavy atom. The Kier molecular flexibility index (Phi) is 7.16. The zero-order chi connectivity index (χ0) is 18.3. The lowest BCUT2D eigenvalue weighted by Crippen LogP contribution is -2.57. The number of nitrogens with zero attached hydrogens (tertiary/aromatic N) is 4. The van der Waals surface area contributed by atoms with Crippen molar-refractivity contribution in [3.05, 3.63) is 18.7 Å². The van der Waals surface area contributed by atoms with E-state index in [1.54, 1.807) is 0 Å². The molecule has 0 aromatic carbocycles. The van der Waals surface area contributed by atoms with Crippen LogP contribution in [0, 0.1) is 22.5 Å². The summed E-state index contributed by atoms with van der Waals surface area (Å²) in [5, 5.41) is 15.4. The molecule has 0 fully saturated rings. The van der Waals surface area contributed by atoms with Gasteiger partial charge < -0.3 is 4.32 Å². The molecule has 0 aliphatic carbocycles. The summed E-state index contributed by atoms with van der Waals surface area (Å²) in [6.45, 7) is 3.36. The lowest BCUT2D eigenvalue weighted by atomic mass is 9.41. The van der Waals surface area contributed by atoms with E-state index in [1.807, 2.05) is 7.05 Å². The maximum atomic E-state index is 12.4. The molecular weight excluding hydrogens is 325 g/mol. The number of aryl methyl sites for hydroxylation is 2. The summed E-state index contributed by atoms with van der Waals surface area (Å²) < 4.78 is 75.1. The van der Waals surface area contributed by atoms with Crippen LogP contribution in [0.15, 0.2) is 18.7 Å². The topological polar surface area (TPSA) is 56.4 Å². The highest BCUT2D eigenvalue weighted by Gasteiger charge is 2.67. The molecule has 1 aromatic heterocycles. The van der Waals surface area contributed by atoms with Crippen LogP contribution in [0.5, 0.6) is 0 Å². The van der Waals surface area contributed by atoms with Crippen molar-refractivity contribution in [3.8, 4) is 11.9 Å². The number of halogens is 6. The molecule has 0 unspecified atom stereocenters. The van der Waals surface area contributed by atoms with Gasteiger partial charge in [0.15, 0.2) is 0 Å². The Bertz CT molecular complexity index is 570. The average molecular weight is 340 g/mol. The molecule has 0 aliphatic rings. The van der Waals surface area contributed by atoms with Crippen molar-refractivity contribution >= 4 is 6.42 Å². The normalized spacial score (nSPS) is 11.9. The Labute approximate surface area is 129 Å². The Balaban J connectivity index is 0.000000433. The van der Waals surface area contributed by atoms with E-state index in [-0.39, 0.29) is 11.9 Å². The quantitative estimate of drug-likeness (QED) is 0.481. The average Bonchev–Trinajstić information content (AvgIpc) is 2.89. The van der Waals surface area contributed by atoms with E-state index in [0.717, 1.165) is 6.54 Å². The first-order valence-corrected chi connectivity index (χ1v) is 6.56. The molecule has 1 heterocycles. The second-order valence-electron chi connectivity index (χ2n) is 4.81. The molecule has 4 nitrogen and oxygen atoms in total. The van der Waals surface area contributed by atoms with E-state index in [0.29, 0.717) is 0 Å². The molecule has 128 valence electrons. The summed E-state index contributed by atoms with van der Waals surface area (Å²) in [5.41, 5.74) is 0. The fraction of sp³-hybridized carbons (Fsp3) is 0.583. The molecule has 1 rings (SSSR count). The van der Waals surface area contributed by atoms with E-state index < -0.39 is 18.4 Å². The number of imidazole rings is 1. The summed E-state index contributed by atoms with van der Waals surface area (Å²) >= 11 is 0. The number of unbranched alkanes of at least 4 members (excludes halogenated alkanes) is 1. The minimum atomic E-state index is -6.24. The van der Waals surface area contributed by atoms with Crippen LogP contribution in [0.2, 0.25) is 0 Å². The number of alkyl halides is 5. The molecule has 11 heteroatoms. The SMILES string of the molecule is CCCC[n+]1ccn(C)c1.N#C[B-](F)(C#N)C(F)(F)C(F)(F)F. The van der Waals surface area contributed by atoms with E-state index >= 15 is 0 Å². The number of rotatable bonds is 4. The van der Waals surface area contributed by atoms with E-state index in [9.17, 15) is 26.3 Å². The zero-order valence-corrected chi connectivity index (χ0v) is 12.5. The van der Waals surface area contributed by atoms with Crippen molar-refractivity contribution < 1.29 is 30.8 Å². The van der Waals surface area contributed by atoms with Gasteiger partial charge in [-0.1, -0.05) is 25.3 Å². The van der Waals surface area contributed by atoms with Crippen molar-refractivity contribution in [1.82, 2.24) is 4.57 Å². The van der Waals surface area contributed by atoms with Crippen molar-refractivity contribution in [1.29, 1.82) is 10.5 Å². The lowest BCUT2D eigenvalue weighted by Gasteiger charge is -2.30. The monoisotopic (exact) mass is 340 g/mol. The minimum Gasteiger partial charge on any atom is -0.476 e. The molecule has 0 aliphatic heterocycles. The first-order valence-electron chi connectivity index (χ1n) is 6.56. The summed E-state index contributed by atoms with van der Waals surface area (Å²) in [5.74, 6) is -5.85. The number of aromatic nitrogens is 2. The maximum absolute atomic E-state index is 12.4. The van der Waals surface area contributed by atoms with Crippen molar-refractivity contribution in [3.63, 3.8) is 0 Å². The van der Waals surface area contributed by atoms with Crippen molar-refractivity contribution in [2.24, 2.45) is 7.05 Å². The fourth-order valence-corrected chi connectivity index (χ4v) is 1.39. The summed E-state index contributed by atoms with van der Waals surface area (Å²) in [6.07, 6.45) is -3.00.